The zero-order chi connectivity index (χ0) is 13.4. The van der Waals surface area contributed by atoms with E-state index < -0.39 is 0 Å². The quantitative estimate of drug-likeness (QED) is 0.709. The molecule has 0 aliphatic carbocycles. The molecule has 1 aromatic carbocycles. The molecular weight excluding hydrogens is 246 g/mol. The highest BCUT2D eigenvalue weighted by atomic mass is 16.5. The number of hydrogen-bond donors (Lipinski definition) is 2. The molecule has 6 heteroatoms. The second kappa shape index (κ2) is 4.64. The molecule has 2 aliphatic heterocycles. The van der Waals surface area contributed by atoms with Crippen LogP contribution in [0.3, 0.4) is 0 Å². The number of benzene rings is 1. The van der Waals surface area contributed by atoms with Crippen LogP contribution >= 0.6 is 0 Å². The van der Waals surface area contributed by atoms with Gasteiger partial charge in [0.2, 0.25) is 5.91 Å². The van der Waals surface area contributed by atoms with E-state index in [2.05, 4.69) is 5.32 Å². The fourth-order valence-corrected chi connectivity index (χ4v) is 2.21. The number of anilines is 1. The van der Waals surface area contributed by atoms with E-state index in [1.165, 1.54) is 4.90 Å². The third-order valence-electron chi connectivity index (χ3n) is 3.45. The Hall–Kier alpha value is -1.92. The molecule has 0 spiro atoms. The molecule has 1 saturated heterocycles. The van der Waals surface area contributed by atoms with Gasteiger partial charge >= 0.3 is 0 Å². The van der Waals surface area contributed by atoms with Gasteiger partial charge in [0.25, 0.3) is 5.91 Å². The first kappa shape index (κ1) is 12.1. The maximum atomic E-state index is 12.3. The Labute approximate surface area is 110 Å². The Balaban J connectivity index is 1.99. The van der Waals surface area contributed by atoms with E-state index in [0.717, 1.165) is 5.56 Å². The highest BCUT2D eigenvalue weighted by molar-refractivity contribution is 6.18. The van der Waals surface area contributed by atoms with Crippen molar-refractivity contribution < 1.29 is 14.3 Å². The Bertz CT molecular complexity index is 540. The first-order valence-electron chi connectivity index (χ1n) is 6.24. The van der Waals surface area contributed by atoms with Gasteiger partial charge in [0.15, 0.2) is 6.61 Å². The Morgan fingerprint density at radius 3 is 2.89 bits per heavy atom. The summed E-state index contributed by atoms with van der Waals surface area (Å²) in [5.74, 6) is -0.0603. The minimum absolute atomic E-state index is 0.0964. The molecule has 3 rings (SSSR count). The molecule has 0 aromatic heterocycles. The molecule has 100 valence electrons. The second-order valence-corrected chi connectivity index (χ2v) is 4.72. The van der Waals surface area contributed by atoms with Crippen molar-refractivity contribution in [1.29, 1.82) is 0 Å². The van der Waals surface area contributed by atoms with Gasteiger partial charge in [-0.3, -0.25) is 9.59 Å². The van der Waals surface area contributed by atoms with Gasteiger partial charge in [-0.25, -0.2) is 4.90 Å². The third-order valence-corrected chi connectivity index (χ3v) is 3.45. The van der Waals surface area contributed by atoms with Gasteiger partial charge in [-0.05, 0) is 17.7 Å². The largest absolute Gasteiger partial charge is 0.482 e. The van der Waals surface area contributed by atoms with E-state index in [9.17, 15) is 9.59 Å². The van der Waals surface area contributed by atoms with Gasteiger partial charge in [-0.15, -0.1) is 0 Å². The molecule has 2 aliphatic rings. The van der Waals surface area contributed by atoms with E-state index in [1.807, 2.05) is 6.07 Å². The topological polar surface area (TPSA) is 84.7 Å². The van der Waals surface area contributed by atoms with Crippen molar-refractivity contribution in [3.05, 3.63) is 23.8 Å². The molecule has 3 N–H and O–H groups in total. The van der Waals surface area contributed by atoms with Crippen LogP contribution < -0.4 is 20.7 Å². The molecule has 0 radical (unpaired) electrons. The molecule has 2 heterocycles. The molecule has 1 fully saturated rings. The predicted octanol–water partition coefficient (Wildman–Crippen LogP) is -0.383. The van der Waals surface area contributed by atoms with Crippen molar-refractivity contribution in [2.24, 2.45) is 11.7 Å². The molecule has 0 saturated carbocycles. The minimum Gasteiger partial charge on any atom is -0.482 e. The van der Waals surface area contributed by atoms with Crippen molar-refractivity contribution in [2.75, 3.05) is 24.6 Å². The number of amides is 2. The summed E-state index contributed by atoms with van der Waals surface area (Å²) in [6.45, 7) is 1.50. The third kappa shape index (κ3) is 1.98. The smallest absolute Gasteiger partial charge is 0.271 e. The van der Waals surface area contributed by atoms with Crippen LogP contribution in [0, 0.1) is 5.92 Å². The molecule has 0 unspecified atom stereocenters. The Morgan fingerprint density at radius 1 is 1.47 bits per heavy atom. The standard InChI is InChI=1S/C13H15N3O3/c14-4-8-1-2-11-10(3-8)16(12(17)7-19-11)13(18)9-5-15-6-9/h1-3,9,15H,4-7,14H2. The van der Waals surface area contributed by atoms with Crippen molar-refractivity contribution in [3.8, 4) is 5.75 Å². The summed E-state index contributed by atoms with van der Waals surface area (Å²) < 4.78 is 5.35. The number of nitrogens with two attached hydrogens (primary N) is 1. The zero-order valence-corrected chi connectivity index (χ0v) is 10.4. The minimum atomic E-state index is -0.321. The van der Waals surface area contributed by atoms with Crippen LogP contribution in [0.1, 0.15) is 5.56 Å². The molecule has 19 heavy (non-hydrogen) atoms. The van der Waals surface area contributed by atoms with Crippen LogP contribution in [0.25, 0.3) is 0 Å². The monoisotopic (exact) mass is 261 g/mol. The number of rotatable bonds is 2. The van der Waals surface area contributed by atoms with Crippen LogP contribution in [-0.4, -0.2) is 31.5 Å². The van der Waals surface area contributed by atoms with E-state index in [-0.39, 0.29) is 24.3 Å². The normalized spacial score (nSPS) is 18.6. The van der Waals surface area contributed by atoms with E-state index in [1.54, 1.807) is 12.1 Å². The number of nitrogens with zero attached hydrogens (tertiary/aromatic N) is 1. The summed E-state index contributed by atoms with van der Waals surface area (Å²) in [4.78, 5) is 25.5. The summed E-state index contributed by atoms with van der Waals surface area (Å²) >= 11 is 0. The summed E-state index contributed by atoms with van der Waals surface area (Å²) in [5.41, 5.74) is 6.97. The maximum Gasteiger partial charge on any atom is 0.271 e. The van der Waals surface area contributed by atoms with E-state index in [0.29, 0.717) is 31.1 Å². The van der Waals surface area contributed by atoms with Crippen molar-refractivity contribution in [3.63, 3.8) is 0 Å². The lowest BCUT2D eigenvalue weighted by Crippen LogP contribution is -2.55. The average Bonchev–Trinajstić information content (AvgIpc) is 2.35. The lowest BCUT2D eigenvalue weighted by Gasteiger charge is -2.34. The zero-order valence-electron chi connectivity index (χ0n) is 10.4. The first-order valence-corrected chi connectivity index (χ1v) is 6.24. The van der Waals surface area contributed by atoms with Crippen LogP contribution in [-0.2, 0) is 16.1 Å². The molecule has 2 amide bonds. The van der Waals surface area contributed by atoms with Gasteiger partial charge < -0.3 is 15.8 Å². The number of hydrogen-bond acceptors (Lipinski definition) is 5. The Kier molecular flexibility index (Phi) is 2.96. The number of nitrogens with one attached hydrogen (secondary N) is 1. The molecule has 1 aromatic rings. The lowest BCUT2D eigenvalue weighted by atomic mass is 10.0. The summed E-state index contributed by atoms with van der Waals surface area (Å²) in [5, 5.41) is 3.03. The Morgan fingerprint density at radius 2 is 2.26 bits per heavy atom. The fraction of sp³-hybridized carbons (Fsp3) is 0.385. The fourth-order valence-electron chi connectivity index (χ4n) is 2.21. The van der Waals surface area contributed by atoms with Gasteiger partial charge in [0.1, 0.15) is 5.75 Å². The summed E-state index contributed by atoms with van der Waals surface area (Å²) in [6, 6.07) is 5.34. The van der Waals surface area contributed by atoms with E-state index in [4.69, 9.17) is 10.5 Å². The van der Waals surface area contributed by atoms with Gasteiger partial charge in [-0.1, -0.05) is 6.07 Å². The van der Waals surface area contributed by atoms with Gasteiger partial charge in [0.05, 0.1) is 11.6 Å². The molecule has 0 atom stereocenters. The van der Waals surface area contributed by atoms with Crippen molar-refractivity contribution in [2.45, 2.75) is 6.54 Å². The van der Waals surface area contributed by atoms with Crippen LogP contribution in [0.5, 0.6) is 5.75 Å². The van der Waals surface area contributed by atoms with Crippen LogP contribution in [0.15, 0.2) is 18.2 Å². The van der Waals surface area contributed by atoms with Crippen molar-refractivity contribution in [1.82, 2.24) is 5.32 Å². The number of carbonyl (C=O) groups is 2. The first-order chi connectivity index (χ1) is 9.20. The summed E-state index contributed by atoms with van der Waals surface area (Å²) in [6.07, 6.45) is 0. The highest BCUT2D eigenvalue weighted by Crippen LogP contribution is 2.34. The van der Waals surface area contributed by atoms with Crippen LogP contribution in [0.2, 0.25) is 0 Å². The second-order valence-electron chi connectivity index (χ2n) is 4.72. The van der Waals surface area contributed by atoms with Crippen LogP contribution in [0.4, 0.5) is 5.69 Å². The highest BCUT2D eigenvalue weighted by Gasteiger charge is 2.37. The number of carbonyl (C=O) groups excluding carboxylic acids is 2. The number of imide groups is 1. The predicted molar refractivity (Wildman–Crippen MR) is 68.7 cm³/mol. The molecule has 0 bridgehead atoms. The maximum absolute atomic E-state index is 12.3. The number of fused-ring (bicyclic) bond motifs is 1. The summed E-state index contributed by atoms with van der Waals surface area (Å²) in [7, 11) is 0. The lowest BCUT2D eigenvalue weighted by molar-refractivity contribution is -0.131. The molecular formula is C13H15N3O3. The van der Waals surface area contributed by atoms with Gasteiger partial charge in [-0.2, -0.15) is 0 Å². The average molecular weight is 261 g/mol. The van der Waals surface area contributed by atoms with Crippen molar-refractivity contribution >= 4 is 17.5 Å². The van der Waals surface area contributed by atoms with Gasteiger partial charge in [0, 0.05) is 19.6 Å². The van der Waals surface area contributed by atoms with E-state index >= 15 is 0 Å². The number of ether oxygens (including phenoxy) is 1. The molecule has 6 nitrogen and oxygen atoms in total. The SMILES string of the molecule is NCc1ccc2c(c1)N(C(=O)C1CNC1)C(=O)CO2.